The molecule has 0 saturated heterocycles. The van der Waals surface area contributed by atoms with Crippen LogP contribution in [0.2, 0.25) is 0 Å². The van der Waals surface area contributed by atoms with Crippen LogP contribution in [0.4, 0.5) is 0 Å². The van der Waals surface area contributed by atoms with E-state index in [1.807, 2.05) is 19.1 Å². The number of aryl methyl sites for hydroxylation is 1. The van der Waals surface area contributed by atoms with Gasteiger partial charge in [0, 0.05) is 12.8 Å². The molecule has 0 saturated carbocycles. The van der Waals surface area contributed by atoms with Crippen LogP contribution in [-0.4, -0.2) is 6.61 Å². The molecule has 0 radical (unpaired) electrons. The molecule has 15 heavy (non-hydrogen) atoms. The highest BCUT2D eigenvalue weighted by molar-refractivity contribution is 5.27. The molecule has 0 amide bonds. The van der Waals surface area contributed by atoms with Crippen LogP contribution in [0.3, 0.4) is 0 Å². The molecule has 0 unspecified atom stereocenters. The maximum Gasteiger partial charge on any atom is 0.119 e. The smallest absolute Gasteiger partial charge is 0.119 e. The third-order valence-corrected chi connectivity index (χ3v) is 2.07. The minimum absolute atomic E-state index is 0.724. The zero-order valence-electron chi connectivity index (χ0n) is 9.55. The van der Waals surface area contributed by atoms with Crippen molar-refractivity contribution in [2.45, 2.75) is 33.1 Å². The molecule has 0 atom stereocenters. The van der Waals surface area contributed by atoms with Crippen molar-refractivity contribution in [1.82, 2.24) is 0 Å². The summed E-state index contributed by atoms with van der Waals surface area (Å²) in [5.41, 5.74) is 1.32. The van der Waals surface area contributed by atoms with Crippen LogP contribution in [0.15, 0.2) is 24.3 Å². The Morgan fingerprint density at radius 1 is 1.07 bits per heavy atom. The first-order valence-electron chi connectivity index (χ1n) is 5.54. The first-order valence-corrected chi connectivity index (χ1v) is 5.54. The third-order valence-electron chi connectivity index (χ3n) is 2.07. The lowest BCUT2D eigenvalue weighted by molar-refractivity contribution is 0.340. The molecule has 1 rings (SSSR count). The molecule has 80 valence electrons. The standard InChI is InChI=1S/C14H18O/c1-3-5-6-7-8-13-9-11-14(12-10-13)15-4-2/h9-12H,3-4,7-8H2,1-2H3. The zero-order valence-corrected chi connectivity index (χ0v) is 9.55. The second-order valence-corrected chi connectivity index (χ2v) is 3.28. The topological polar surface area (TPSA) is 9.23 Å². The summed E-state index contributed by atoms with van der Waals surface area (Å²) >= 11 is 0. The van der Waals surface area contributed by atoms with Crippen LogP contribution < -0.4 is 4.74 Å². The number of ether oxygens (including phenoxy) is 1. The zero-order chi connectivity index (χ0) is 10.9. The molecule has 0 N–H and O–H groups in total. The van der Waals surface area contributed by atoms with E-state index < -0.39 is 0 Å². The van der Waals surface area contributed by atoms with Gasteiger partial charge in [0.15, 0.2) is 0 Å². The summed E-state index contributed by atoms with van der Waals surface area (Å²) in [4.78, 5) is 0. The summed E-state index contributed by atoms with van der Waals surface area (Å²) in [6.45, 7) is 4.79. The summed E-state index contributed by atoms with van der Waals surface area (Å²) in [6.07, 6.45) is 2.92. The van der Waals surface area contributed by atoms with Crippen molar-refractivity contribution in [3.05, 3.63) is 29.8 Å². The quantitative estimate of drug-likeness (QED) is 0.680. The Morgan fingerprint density at radius 3 is 2.40 bits per heavy atom. The van der Waals surface area contributed by atoms with Gasteiger partial charge in [0.25, 0.3) is 0 Å². The number of benzene rings is 1. The van der Waals surface area contributed by atoms with Crippen LogP contribution in [-0.2, 0) is 6.42 Å². The van der Waals surface area contributed by atoms with E-state index in [2.05, 4.69) is 30.9 Å². The molecule has 1 aromatic carbocycles. The van der Waals surface area contributed by atoms with E-state index >= 15 is 0 Å². The summed E-state index contributed by atoms with van der Waals surface area (Å²) in [6, 6.07) is 8.26. The molecule has 0 fully saturated rings. The maximum atomic E-state index is 5.38. The molecular weight excluding hydrogens is 184 g/mol. The highest BCUT2D eigenvalue weighted by Gasteiger charge is 1.93. The fraction of sp³-hybridized carbons (Fsp3) is 0.429. The van der Waals surface area contributed by atoms with Gasteiger partial charge in [0.1, 0.15) is 5.75 Å². The van der Waals surface area contributed by atoms with Crippen molar-refractivity contribution in [2.75, 3.05) is 6.61 Å². The van der Waals surface area contributed by atoms with Crippen molar-refractivity contribution in [1.29, 1.82) is 0 Å². The van der Waals surface area contributed by atoms with Gasteiger partial charge in [-0.25, -0.2) is 0 Å². The molecule has 0 heterocycles. The van der Waals surface area contributed by atoms with Crippen LogP contribution in [0, 0.1) is 11.8 Å². The first kappa shape index (κ1) is 11.7. The lowest BCUT2D eigenvalue weighted by Gasteiger charge is -2.03. The van der Waals surface area contributed by atoms with Gasteiger partial charge in [-0.15, -0.1) is 11.8 Å². The van der Waals surface area contributed by atoms with Gasteiger partial charge in [0.05, 0.1) is 6.61 Å². The van der Waals surface area contributed by atoms with Gasteiger partial charge >= 0.3 is 0 Å². The van der Waals surface area contributed by atoms with Gasteiger partial charge in [-0.2, -0.15) is 0 Å². The van der Waals surface area contributed by atoms with E-state index in [1.54, 1.807) is 0 Å². The lowest BCUT2D eigenvalue weighted by Crippen LogP contribution is -1.91. The minimum Gasteiger partial charge on any atom is -0.494 e. The summed E-state index contributed by atoms with van der Waals surface area (Å²) < 4.78 is 5.38. The average Bonchev–Trinajstić information content (AvgIpc) is 2.27. The molecule has 1 nitrogen and oxygen atoms in total. The van der Waals surface area contributed by atoms with Gasteiger partial charge in [-0.3, -0.25) is 0 Å². The van der Waals surface area contributed by atoms with Crippen molar-refractivity contribution < 1.29 is 4.74 Å². The molecular formula is C14H18O. The van der Waals surface area contributed by atoms with E-state index in [4.69, 9.17) is 4.74 Å². The SMILES string of the molecule is CCC#CCCc1ccc(OCC)cc1. The fourth-order valence-electron chi connectivity index (χ4n) is 1.34. The third kappa shape index (κ3) is 4.56. The largest absolute Gasteiger partial charge is 0.494 e. The molecule has 0 aliphatic heterocycles. The Bertz CT molecular complexity index is 327. The number of rotatable bonds is 4. The van der Waals surface area contributed by atoms with Crippen LogP contribution in [0.5, 0.6) is 5.75 Å². The molecule has 0 spiro atoms. The molecule has 1 aromatic rings. The van der Waals surface area contributed by atoms with Crippen LogP contribution >= 0.6 is 0 Å². The van der Waals surface area contributed by atoms with Crippen molar-refractivity contribution in [3.8, 4) is 17.6 Å². The van der Waals surface area contributed by atoms with Gasteiger partial charge in [-0.05, 0) is 31.0 Å². The summed E-state index contributed by atoms with van der Waals surface area (Å²) in [7, 11) is 0. The maximum absolute atomic E-state index is 5.38. The molecule has 0 aliphatic carbocycles. The fourth-order valence-corrected chi connectivity index (χ4v) is 1.34. The van der Waals surface area contributed by atoms with Gasteiger partial charge < -0.3 is 4.74 Å². The Labute approximate surface area is 92.5 Å². The monoisotopic (exact) mass is 202 g/mol. The highest BCUT2D eigenvalue weighted by atomic mass is 16.5. The van der Waals surface area contributed by atoms with Crippen molar-refractivity contribution in [2.24, 2.45) is 0 Å². The van der Waals surface area contributed by atoms with E-state index in [0.717, 1.165) is 31.6 Å². The number of hydrogen-bond acceptors (Lipinski definition) is 1. The predicted octanol–water partition coefficient (Wildman–Crippen LogP) is 3.43. The van der Waals surface area contributed by atoms with Crippen LogP contribution in [0.25, 0.3) is 0 Å². The van der Waals surface area contributed by atoms with E-state index in [9.17, 15) is 0 Å². The molecule has 0 aliphatic rings. The Kier molecular flexibility index (Phi) is 5.40. The van der Waals surface area contributed by atoms with Gasteiger partial charge in [0.2, 0.25) is 0 Å². The van der Waals surface area contributed by atoms with E-state index in [0.29, 0.717) is 0 Å². The predicted molar refractivity (Wildman–Crippen MR) is 64.0 cm³/mol. The van der Waals surface area contributed by atoms with E-state index in [1.165, 1.54) is 5.56 Å². The minimum atomic E-state index is 0.724. The molecule has 1 heteroatoms. The van der Waals surface area contributed by atoms with Crippen molar-refractivity contribution >= 4 is 0 Å². The van der Waals surface area contributed by atoms with Gasteiger partial charge in [-0.1, -0.05) is 19.1 Å². The highest BCUT2D eigenvalue weighted by Crippen LogP contribution is 2.12. The second kappa shape index (κ2) is 6.95. The summed E-state index contributed by atoms with van der Waals surface area (Å²) in [5.74, 6) is 7.16. The summed E-state index contributed by atoms with van der Waals surface area (Å²) in [5, 5.41) is 0. The molecule has 0 aromatic heterocycles. The Balaban J connectivity index is 2.42. The van der Waals surface area contributed by atoms with Crippen LogP contribution in [0.1, 0.15) is 32.3 Å². The van der Waals surface area contributed by atoms with E-state index in [-0.39, 0.29) is 0 Å². The lowest BCUT2D eigenvalue weighted by atomic mass is 10.1. The Hall–Kier alpha value is -1.42. The Morgan fingerprint density at radius 2 is 1.80 bits per heavy atom. The average molecular weight is 202 g/mol. The molecule has 0 bridgehead atoms. The second-order valence-electron chi connectivity index (χ2n) is 3.28. The first-order chi connectivity index (χ1) is 7.36. The number of hydrogen-bond donors (Lipinski definition) is 0. The van der Waals surface area contributed by atoms with Crippen molar-refractivity contribution in [3.63, 3.8) is 0 Å². The normalized spacial score (nSPS) is 9.20.